The predicted molar refractivity (Wildman–Crippen MR) is 119 cm³/mol. The Hall–Kier alpha value is -2.37. The summed E-state index contributed by atoms with van der Waals surface area (Å²) >= 11 is 0. The molecule has 1 fully saturated rings. The summed E-state index contributed by atoms with van der Waals surface area (Å²) in [5.74, 6) is 0. The number of nitrogens with zero attached hydrogens (tertiary/aromatic N) is 3. The first-order chi connectivity index (χ1) is 14.3. The number of carbonyl (C=O) groups is 1. The molecular weight excluding hydrogens is 374 g/mol. The molecule has 0 saturated carbocycles. The summed E-state index contributed by atoms with van der Waals surface area (Å²) in [7, 11) is 0. The molecule has 160 valence electrons. The van der Waals surface area contributed by atoms with E-state index in [0.717, 1.165) is 25.1 Å². The molecule has 2 heterocycles. The third-order valence-electron chi connectivity index (χ3n) is 6.38. The molecule has 2 aliphatic heterocycles. The van der Waals surface area contributed by atoms with Gasteiger partial charge in [0, 0.05) is 39.3 Å². The first-order valence-corrected chi connectivity index (χ1v) is 10.9. The van der Waals surface area contributed by atoms with Gasteiger partial charge in [0.15, 0.2) is 0 Å². The molecule has 0 radical (unpaired) electrons. The number of hydrogen-bond acceptors (Lipinski definition) is 3. The van der Waals surface area contributed by atoms with Crippen LogP contribution in [0.3, 0.4) is 0 Å². The fraction of sp³-hybridized carbons (Fsp3) is 0.480. The second-order valence-electron chi connectivity index (χ2n) is 9.45. The lowest BCUT2D eigenvalue weighted by Gasteiger charge is -2.31. The molecule has 0 bridgehead atoms. The lowest BCUT2D eigenvalue weighted by atomic mass is 10.00. The SMILES string of the molecule is Cc1ccc(CN2C(=O)N(CC(O)CN3CCc4ccccc4C3)CC2(C)C)cc1. The van der Waals surface area contributed by atoms with E-state index in [9.17, 15) is 9.90 Å². The average molecular weight is 408 g/mol. The molecule has 2 aromatic carbocycles. The van der Waals surface area contributed by atoms with Gasteiger partial charge in [-0.05, 0) is 43.9 Å². The molecule has 0 aromatic heterocycles. The van der Waals surface area contributed by atoms with Gasteiger partial charge in [-0.25, -0.2) is 4.79 Å². The van der Waals surface area contributed by atoms with E-state index in [-0.39, 0.29) is 11.6 Å². The first-order valence-electron chi connectivity index (χ1n) is 10.9. The number of aliphatic hydroxyl groups is 1. The summed E-state index contributed by atoms with van der Waals surface area (Å²) in [4.78, 5) is 19.2. The summed E-state index contributed by atoms with van der Waals surface area (Å²) in [6.07, 6.45) is 0.470. The third kappa shape index (κ3) is 4.52. The summed E-state index contributed by atoms with van der Waals surface area (Å²) in [6.45, 7) is 10.3. The number of amides is 2. The van der Waals surface area contributed by atoms with E-state index in [1.165, 1.54) is 16.7 Å². The van der Waals surface area contributed by atoms with Crippen LogP contribution in [0.5, 0.6) is 0 Å². The largest absolute Gasteiger partial charge is 0.390 e. The maximum absolute atomic E-state index is 13.1. The Labute approximate surface area is 179 Å². The maximum atomic E-state index is 13.1. The lowest BCUT2D eigenvalue weighted by molar-refractivity contribution is 0.0808. The van der Waals surface area contributed by atoms with Crippen molar-refractivity contribution < 1.29 is 9.90 Å². The van der Waals surface area contributed by atoms with Crippen LogP contribution in [0.25, 0.3) is 0 Å². The molecule has 2 aliphatic rings. The molecule has 1 saturated heterocycles. The van der Waals surface area contributed by atoms with Crippen molar-refractivity contribution in [2.75, 3.05) is 26.2 Å². The molecule has 1 N–H and O–H groups in total. The zero-order valence-electron chi connectivity index (χ0n) is 18.3. The number of aliphatic hydroxyl groups excluding tert-OH is 1. The summed E-state index contributed by atoms with van der Waals surface area (Å²) in [6, 6.07) is 16.9. The van der Waals surface area contributed by atoms with E-state index < -0.39 is 6.10 Å². The van der Waals surface area contributed by atoms with E-state index in [2.05, 4.69) is 74.2 Å². The van der Waals surface area contributed by atoms with Gasteiger partial charge in [-0.2, -0.15) is 0 Å². The van der Waals surface area contributed by atoms with Gasteiger partial charge in [-0.1, -0.05) is 54.1 Å². The highest BCUT2D eigenvalue weighted by atomic mass is 16.3. The normalized spacial score (nSPS) is 19.8. The van der Waals surface area contributed by atoms with Crippen molar-refractivity contribution in [2.45, 2.75) is 51.9 Å². The van der Waals surface area contributed by atoms with Crippen molar-refractivity contribution in [2.24, 2.45) is 0 Å². The number of β-amino-alcohol motifs (C(OH)–C–C–N with tert-alkyl or cyclic N) is 1. The molecule has 0 aliphatic carbocycles. The number of carbonyl (C=O) groups excluding carboxylic acids is 1. The van der Waals surface area contributed by atoms with Crippen molar-refractivity contribution in [3.05, 3.63) is 70.8 Å². The van der Waals surface area contributed by atoms with Crippen molar-refractivity contribution in [1.82, 2.24) is 14.7 Å². The molecule has 30 heavy (non-hydrogen) atoms. The van der Waals surface area contributed by atoms with Crippen LogP contribution in [-0.2, 0) is 19.5 Å². The molecule has 1 atom stereocenters. The predicted octanol–water partition coefficient (Wildman–Crippen LogP) is 3.43. The van der Waals surface area contributed by atoms with E-state index in [0.29, 0.717) is 26.2 Å². The van der Waals surface area contributed by atoms with Crippen molar-refractivity contribution in [3.8, 4) is 0 Å². The molecule has 5 heteroatoms. The number of benzene rings is 2. The van der Waals surface area contributed by atoms with Gasteiger partial charge in [0.25, 0.3) is 0 Å². The molecule has 4 rings (SSSR count). The van der Waals surface area contributed by atoms with Gasteiger partial charge in [0.1, 0.15) is 0 Å². The zero-order chi connectivity index (χ0) is 21.3. The topological polar surface area (TPSA) is 47.0 Å². The van der Waals surface area contributed by atoms with E-state index in [4.69, 9.17) is 0 Å². The number of hydrogen-bond donors (Lipinski definition) is 1. The van der Waals surface area contributed by atoms with Gasteiger partial charge in [0.2, 0.25) is 0 Å². The summed E-state index contributed by atoms with van der Waals surface area (Å²) in [5.41, 5.74) is 4.85. The van der Waals surface area contributed by atoms with Crippen LogP contribution in [0.1, 0.15) is 36.1 Å². The van der Waals surface area contributed by atoms with Crippen molar-refractivity contribution >= 4 is 6.03 Å². The van der Waals surface area contributed by atoms with Gasteiger partial charge < -0.3 is 14.9 Å². The van der Waals surface area contributed by atoms with Gasteiger partial charge in [-0.3, -0.25) is 4.90 Å². The van der Waals surface area contributed by atoms with Crippen LogP contribution >= 0.6 is 0 Å². The number of fused-ring (bicyclic) bond motifs is 1. The van der Waals surface area contributed by atoms with Crippen molar-refractivity contribution in [1.29, 1.82) is 0 Å². The van der Waals surface area contributed by atoms with Crippen molar-refractivity contribution in [3.63, 3.8) is 0 Å². The number of urea groups is 1. The number of rotatable bonds is 6. The maximum Gasteiger partial charge on any atom is 0.320 e. The van der Waals surface area contributed by atoms with Crippen LogP contribution in [0.15, 0.2) is 48.5 Å². The third-order valence-corrected chi connectivity index (χ3v) is 6.38. The number of aryl methyl sites for hydroxylation is 1. The highest BCUT2D eigenvalue weighted by Gasteiger charge is 2.43. The van der Waals surface area contributed by atoms with Crippen LogP contribution in [-0.4, -0.2) is 63.7 Å². The molecule has 5 nitrogen and oxygen atoms in total. The summed E-state index contributed by atoms with van der Waals surface area (Å²) in [5, 5.41) is 10.8. The minimum Gasteiger partial charge on any atom is -0.390 e. The molecule has 0 spiro atoms. The minimum atomic E-state index is -0.547. The van der Waals surface area contributed by atoms with Gasteiger partial charge in [0.05, 0.1) is 11.6 Å². The highest BCUT2D eigenvalue weighted by molar-refractivity contribution is 5.78. The second kappa shape index (κ2) is 8.40. The monoisotopic (exact) mass is 407 g/mol. The average Bonchev–Trinajstić information content (AvgIpc) is 2.92. The Kier molecular flexibility index (Phi) is 5.85. The van der Waals surface area contributed by atoms with Crippen LogP contribution in [0.2, 0.25) is 0 Å². The zero-order valence-corrected chi connectivity index (χ0v) is 18.3. The minimum absolute atomic E-state index is 0.0172. The standard InChI is InChI=1S/C25H33N3O2/c1-19-8-10-20(11-9-19)14-28-24(30)27(18-25(28,2)3)17-23(29)16-26-13-12-21-6-4-5-7-22(21)15-26/h4-11,23,29H,12-18H2,1-3H3. The summed E-state index contributed by atoms with van der Waals surface area (Å²) < 4.78 is 0. The molecule has 2 aromatic rings. The Bertz CT molecular complexity index is 894. The first kappa shape index (κ1) is 20.9. The smallest absolute Gasteiger partial charge is 0.320 e. The van der Waals surface area contributed by atoms with Gasteiger partial charge >= 0.3 is 6.03 Å². The molecule has 2 amide bonds. The Morgan fingerprint density at radius 2 is 1.73 bits per heavy atom. The fourth-order valence-electron chi connectivity index (χ4n) is 4.67. The Balaban J connectivity index is 1.35. The van der Waals surface area contributed by atoms with E-state index in [1.54, 1.807) is 0 Å². The lowest BCUT2D eigenvalue weighted by Crippen LogP contribution is -2.43. The molecule has 1 unspecified atom stereocenters. The Morgan fingerprint density at radius 1 is 1.03 bits per heavy atom. The van der Waals surface area contributed by atoms with Crippen LogP contribution < -0.4 is 0 Å². The van der Waals surface area contributed by atoms with E-state index >= 15 is 0 Å². The van der Waals surface area contributed by atoms with Crippen LogP contribution in [0.4, 0.5) is 4.79 Å². The second-order valence-corrected chi connectivity index (χ2v) is 9.45. The van der Waals surface area contributed by atoms with E-state index in [1.807, 2.05) is 9.80 Å². The van der Waals surface area contributed by atoms with Gasteiger partial charge in [-0.15, -0.1) is 0 Å². The quantitative estimate of drug-likeness (QED) is 0.798. The van der Waals surface area contributed by atoms with Crippen LogP contribution in [0, 0.1) is 6.92 Å². The fourth-order valence-corrected chi connectivity index (χ4v) is 4.67. The highest BCUT2D eigenvalue weighted by Crippen LogP contribution is 2.28. The molecular formula is C25H33N3O2. The Morgan fingerprint density at radius 3 is 2.47 bits per heavy atom.